The average molecular weight is 310 g/mol. The summed E-state index contributed by atoms with van der Waals surface area (Å²) in [6.45, 7) is 2.25. The van der Waals surface area contributed by atoms with E-state index in [0.717, 1.165) is 0 Å². The molecule has 1 aliphatic rings. The largest absolute Gasteiger partial charge is 0.534 e. The molecule has 0 radical (unpaired) electrons. The van der Waals surface area contributed by atoms with Crippen molar-refractivity contribution in [1.29, 1.82) is 0 Å². The van der Waals surface area contributed by atoms with Crippen molar-refractivity contribution >= 4 is 8.80 Å². The van der Waals surface area contributed by atoms with Gasteiger partial charge in [-0.25, -0.2) is 0 Å². The van der Waals surface area contributed by atoms with Gasteiger partial charge in [-0.05, 0) is 6.42 Å². The lowest BCUT2D eigenvalue weighted by molar-refractivity contribution is -0.0982. The lowest BCUT2D eigenvalue weighted by Gasteiger charge is -2.43. The summed E-state index contributed by atoms with van der Waals surface area (Å²) in [6.07, 6.45) is 0.308. The summed E-state index contributed by atoms with van der Waals surface area (Å²) in [5, 5.41) is 17.7. The van der Waals surface area contributed by atoms with Crippen molar-refractivity contribution in [2.75, 3.05) is 41.2 Å². The fourth-order valence-electron chi connectivity index (χ4n) is 2.41. The number of hydrogen-bond donors (Lipinski definition) is 2. The molecule has 3 unspecified atom stereocenters. The maximum atomic E-state index is 9.54. The first-order valence-electron chi connectivity index (χ1n) is 6.73. The lowest BCUT2D eigenvalue weighted by Crippen LogP contribution is -2.66. The number of hydrogen-bond acceptors (Lipinski definition) is 7. The van der Waals surface area contributed by atoms with Crippen LogP contribution in [0.4, 0.5) is 0 Å². The molecular formula is C12H26O7Si. The number of epoxide rings is 1. The minimum absolute atomic E-state index is 0.0120. The van der Waals surface area contributed by atoms with Crippen LogP contribution < -0.4 is 0 Å². The minimum Gasteiger partial charge on any atom is -0.394 e. The molecule has 1 heterocycles. The molecule has 0 aliphatic carbocycles. The molecule has 8 heteroatoms. The zero-order valence-electron chi connectivity index (χ0n) is 12.6. The zero-order chi connectivity index (χ0) is 15.2. The summed E-state index contributed by atoms with van der Waals surface area (Å²) in [7, 11) is 1.50. The molecule has 1 saturated heterocycles. The van der Waals surface area contributed by atoms with Crippen LogP contribution in [0.5, 0.6) is 0 Å². The molecule has 7 nitrogen and oxygen atoms in total. The van der Waals surface area contributed by atoms with Gasteiger partial charge in [-0.3, -0.25) is 0 Å². The highest BCUT2D eigenvalue weighted by atomic mass is 28.4. The second kappa shape index (κ2) is 7.81. The summed E-state index contributed by atoms with van der Waals surface area (Å²) >= 11 is 0. The number of aliphatic hydroxyl groups excluding tert-OH is 2. The Kier molecular flexibility index (Phi) is 7.02. The van der Waals surface area contributed by atoms with Gasteiger partial charge in [0.2, 0.25) is 0 Å². The van der Waals surface area contributed by atoms with Gasteiger partial charge >= 0.3 is 8.80 Å². The van der Waals surface area contributed by atoms with E-state index in [1.165, 1.54) is 21.3 Å². The summed E-state index contributed by atoms with van der Waals surface area (Å²) in [5.74, 6) is 0. The van der Waals surface area contributed by atoms with Crippen LogP contribution in [0, 0.1) is 0 Å². The predicted molar refractivity (Wildman–Crippen MR) is 73.2 cm³/mol. The zero-order valence-corrected chi connectivity index (χ0v) is 13.6. The molecule has 0 aromatic heterocycles. The maximum absolute atomic E-state index is 9.54. The number of aliphatic hydroxyl groups is 2. The summed E-state index contributed by atoms with van der Waals surface area (Å²) in [5.41, 5.74) is 0. The Morgan fingerprint density at radius 2 is 1.85 bits per heavy atom. The Hall–Kier alpha value is -0.0631. The molecular weight excluding hydrogens is 284 g/mol. The fraction of sp³-hybridized carbons (Fsp3) is 1.00. The molecule has 1 aliphatic heterocycles. The Morgan fingerprint density at radius 1 is 1.30 bits per heavy atom. The summed E-state index contributed by atoms with van der Waals surface area (Å²) in [4.78, 5) is 0. The van der Waals surface area contributed by atoms with Gasteiger partial charge in [-0.15, -0.1) is 0 Å². The van der Waals surface area contributed by atoms with Gasteiger partial charge in [0, 0.05) is 27.8 Å². The molecule has 1 rings (SSSR count). The molecule has 0 aromatic rings. The van der Waals surface area contributed by atoms with Crippen LogP contribution in [-0.2, 0) is 22.8 Å². The van der Waals surface area contributed by atoms with Crippen molar-refractivity contribution in [2.24, 2.45) is 0 Å². The molecule has 120 valence electrons. The third-order valence-electron chi connectivity index (χ3n) is 3.66. The molecule has 0 spiro atoms. The SMILES string of the molecule is CCC(CC1CO1)(OCC(O)CO)[Si](OC)(OC)OC. The van der Waals surface area contributed by atoms with Crippen LogP contribution in [0.15, 0.2) is 0 Å². The molecule has 1 fully saturated rings. The van der Waals surface area contributed by atoms with Gasteiger partial charge < -0.3 is 33.0 Å². The van der Waals surface area contributed by atoms with Gasteiger partial charge in [-0.2, -0.15) is 0 Å². The quantitative estimate of drug-likeness (QED) is 0.400. The first-order chi connectivity index (χ1) is 9.53. The van der Waals surface area contributed by atoms with Crippen LogP contribution in [0.25, 0.3) is 0 Å². The van der Waals surface area contributed by atoms with E-state index in [1.54, 1.807) is 0 Å². The Balaban J connectivity index is 2.95. The van der Waals surface area contributed by atoms with Crippen molar-refractivity contribution in [1.82, 2.24) is 0 Å². The molecule has 20 heavy (non-hydrogen) atoms. The lowest BCUT2D eigenvalue weighted by atomic mass is 10.1. The topological polar surface area (TPSA) is 89.9 Å². The predicted octanol–water partition coefficient (Wildman–Crippen LogP) is -0.289. The summed E-state index contributed by atoms with van der Waals surface area (Å²) in [6, 6.07) is 0. The van der Waals surface area contributed by atoms with E-state index in [4.69, 9.17) is 27.9 Å². The van der Waals surface area contributed by atoms with Crippen LogP contribution in [0.2, 0.25) is 0 Å². The van der Waals surface area contributed by atoms with E-state index < -0.39 is 20.1 Å². The Bertz CT molecular complexity index is 275. The second-order valence-corrected chi connectivity index (χ2v) is 8.07. The average Bonchev–Trinajstić information content (AvgIpc) is 3.30. The van der Waals surface area contributed by atoms with Crippen molar-refractivity contribution < 1.29 is 33.0 Å². The number of ether oxygens (including phenoxy) is 2. The smallest absolute Gasteiger partial charge is 0.394 e. The van der Waals surface area contributed by atoms with Gasteiger partial charge in [-0.1, -0.05) is 6.92 Å². The highest BCUT2D eigenvalue weighted by molar-refractivity contribution is 6.64. The van der Waals surface area contributed by atoms with E-state index in [9.17, 15) is 5.11 Å². The van der Waals surface area contributed by atoms with E-state index in [1.807, 2.05) is 6.92 Å². The van der Waals surface area contributed by atoms with Crippen molar-refractivity contribution in [3.05, 3.63) is 0 Å². The first-order valence-corrected chi connectivity index (χ1v) is 8.45. The molecule has 0 saturated carbocycles. The second-order valence-electron chi connectivity index (χ2n) is 4.82. The van der Waals surface area contributed by atoms with Crippen LogP contribution in [-0.4, -0.2) is 77.6 Å². The standard InChI is InChI=1S/C12H26O7Si/c1-5-12(6-11-9-18-11,19-8-10(14)7-13)20(15-2,16-3)17-4/h10-11,13-14H,5-9H2,1-4H3. The van der Waals surface area contributed by atoms with Crippen molar-refractivity contribution in [2.45, 2.75) is 37.2 Å². The van der Waals surface area contributed by atoms with E-state index in [-0.39, 0.29) is 19.3 Å². The molecule has 0 bridgehead atoms. The third-order valence-corrected chi connectivity index (χ3v) is 7.09. The van der Waals surface area contributed by atoms with Crippen LogP contribution in [0.3, 0.4) is 0 Å². The third kappa shape index (κ3) is 3.77. The maximum Gasteiger partial charge on any atom is 0.534 e. The number of rotatable bonds is 11. The van der Waals surface area contributed by atoms with E-state index in [0.29, 0.717) is 19.4 Å². The highest BCUT2D eigenvalue weighted by Gasteiger charge is 2.62. The monoisotopic (exact) mass is 310 g/mol. The van der Waals surface area contributed by atoms with Gasteiger partial charge in [0.25, 0.3) is 0 Å². The highest BCUT2D eigenvalue weighted by Crippen LogP contribution is 2.38. The molecule has 0 amide bonds. The van der Waals surface area contributed by atoms with Gasteiger partial charge in [0.15, 0.2) is 0 Å². The van der Waals surface area contributed by atoms with Crippen molar-refractivity contribution in [3.63, 3.8) is 0 Å². The fourth-order valence-corrected chi connectivity index (χ4v) is 5.19. The minimum atomic E-state index is -3.09. The van der Waals surface area contributed by atoms with E-state index >= 15 is 0 Å². The van der Waals surface area contributed by atoms with Crippen molar-refractivity contribution in [3.8, 4) is 0 Å². The first kappa shape index (κ1) is 18.0. The van der Waals surface area contributed by atoms with E-state index in [2.05, 4.69) is 0 Å². The van der Waals surface area contributed by atoms with Gasteiger partial charge in [0.1, 0.15) is 11.3 Å². The molecule has 3 atom stereocenters. The molecule has 2 N–H and O–H groups in total. The normalized spacial score (nSPS) is 23.4. The Morgan fingerprint density at radius 3 is 2.20 bits per heavy atom. The van der Waals surface area contributed by atoms with Gasteiger partial charge in [0.05, 0.1) is 25.9 Å². The summed E-state index contributed by atoms with van der Waals surface area (Å²) < 4.78 is 27.9. The molecule has 0 aromatic carbocycles. The van der Waals surface area contributed by atoms with Crippen LogP contribution >= 0.6 is 0 Å². The van der Waals surface area contributed by atoms with Crippen LogP contribution in [0.1, 0.15) is 19.8 Å². The Labute approximate surface area is 121 Å².